The van der Waals surface area contributed by atoms with Crippen LogP contribution in [0.3, 0.4) is 0 Å². The molecule has 0 amide bonds. The number of hydrogen-bond donors (Lipinski definition) is 1. The molecular weight excluding hydrogens is 134 g/mol. The largest absolute Gasteiger partial charge is 0.328 e. The SMILES string of the molecule is CCCC=C1CCC(N)CC1. The maximum atomic E-state index is 5.80. The smallest absolute Gasteiger partial charge is 0.00449 e. The van der Waals surface area contributed by atoms with E-state index in [0.717, 1.165) is 0 Å². The molecule has 0 aliphatic heterocycles. The first-order valence-corrected chi connectivity index (χ1v) is 4.76. The van der Waals surface area contributed by atoms with E-state index in [9.17, 15) is 0 Å². The predicted octanol–water partition coefficient (Wildman–Crippen LogP) is 2.61. The summed E-state index contributed by atoms with van der Waals surface area (Å²) in [5, 5.41) is 0. The minimum atomic E-state index is 0.480. The molecule has 1 aliphatic rings. The maximum Gasteiger partial charge on any atom is 0.00449 e. The Labute approximate surface area is 69.7 Å². The van der Waals surface area contributed by atoms with E-state index in [-0.39, 0.29) is 0 Å². The Hall–Kier alpha value is -0.300. The quantitative estimate of drug-likeness (QED) is 0.606. The zero-order valence-electron chi connectivity index (χ0n) is 7.47. The van der Waals surface area contributed by atoms with Gasteiger partial charge in [0, 0.05) is 6.04 Å². The van der Waals surface area contributed by atoms with E-state index >= 15 is 0 Å². The third-order valence-corrected chi connectivity index (χ3v) is 2.39. The summed E-state index contributed by atoms with van der Waals surface area (Å²) in [5.41, 5.74) is 7.45. The average molecular weight is 153 g/mol. The number of rotatable bonds is 2. The second-order valence-corrected chi connectivity index (χ2v) is 3.49. The highest BCUT2D eigenvalue weighted by molar-refractivity contribution is 5.05. The van der Waals surface area contributed by atoms with Crippen molar-refractivity contribution in [3.05, 3.63) is 11.6 Å². The molecular formula is C10H19N. The van der Waals surface area contributed by atoms with Crippen molar-refractivity contribution in [2.75, 3.05) is 0 Å². The van der Waals surface area contributed by atoms with Crippen LogP contribution >= 0.6 is 0 Å². The molecule has 0 aromatic rings. The van der Waals surface area contributed by atoms with Gasteiger partial charge < -0.3 is 5.73 Å². The molecule has 0 spiro atoms. The van der Waals surface area contributed by atoms with Crippen LogP contribution in [-0.2, 0) is 0 Å². The van der Waals surface area contributed by atoms with E-state index in [4.69, 9.17) is 5.73 Å². The van der Waals surface area contributed by atoms with Crippen LogP contribution < -0.4 is 5.73 Å². The van der Waals surface area contributed by atoms with Gasteiger partial charge in [-0.1, -0.05) is 25.0 Å². The highest BCUT2D eigenvalue weighted by atomic mass is 14.6. The Kier molecular flexibility index (Phi) is 3.64. The van der Waals surface area contributed by atoms with Gasteiger partial charge in [0.25, 0.3) is 0 Å². The Morgan fingerprint density at radius 1 is 1.45 bits per heavy atom. The van der Waals surface area contributed by atoms with Gasteiger partial charge in [-0.25, -0.2) is 0 Å². The lowest BCUT2D eigenvalue weighted by molar-refractivity contribution is 0.510. The van der Waals surface area contributed by atoms with Gasteiger partial charge in [0.05, 0.1) is 0 Å². The van der Waals surface area contributed by atoms with E-state index in [0.29, 0.717) is 6.04 Å². The number of allylic oxidation sites excluding steroid dienone is 2. The van der Waals surface area contributed by atoms with E-state index in [1.165, 1.54) is 38.5 Å². The molecule has 0 heterocycles. The third kappa shape index (κ3) is 3.06. The summed E-state index contributed by atoms with van der Waals surface area (Å²) in [6.45, 7) is 2.23. The lowest BCUT2D eigenvalue weighted by Crippen LogP contribution is -2.23. The van der Waals surface area contributed by atoms with Crippen LogP contribution in [0.5, 0.6) is 0 Å². The van der Waals surface area contributed by atoms with Gasteiger partial charge in [0.2, 0.25) is 0 Å². The van der Waals surface area contributed by atoms with Gasteiger partial charge in [-0.05, 0) is 32.1 Å². The fourth-order valence-electron chi connectivity index (χ4n) is 1.56. The first-order chi connectivity index (χ1) is 5.33. The standard InChI is InChI=1S/C10H19N/c1-2-3-4-9-5-7-10(11)8-6-9/h4,10H,2-3,5-8,11H2,1H3. The van der Waals surface area contributed by atoms with Crippen LogP contribution in [0.1, 0.15) is 45.4 Å². The molecule has 1 saturated carbocycles. The molecule has 1 aliphatic carbocycles. The van der Waals surface area contributed by atoms with Gasteiger partial charge in [-0.15, -0.1) is 0 Å². The molecule has 0 aromatic carbocycles. The lowest BCUT2D eigenvalue weighted by Gasteiger charge is -2.19. The monoisotopic (exact) mass is 153 g/mol. The molecule has 0 aromatic heterocycles. The van der Waals surface area contributed by atoms with Crippen molar-refractivity contribution in [2.45, 2.75) is 51.5 Å². The summed E-state index contributed by atoms with van der Waals surface area (Å²) in [7, 11) is 0. The molecule has 0 atom stereocenters. The van der Waals surface area contributed by atoms with E-state index in [1.807, 2.05) is 0 Å². The molecule has 1 rings (SSSR count). The predicted molar refractivity (Wildman–Crippen MR) is 49.4 cm³/mol. The van der Waals surface area contributed by atoms with Crippen LogP contribution in [0.2, 0.25) is 0 Å². The maximum absolute atomic E-state index is 5.80. The molecule has 2 N–H and O–H groups in total. The van der Waals surface area contributed by atoms with Crippen molar-refractivity contribution in [1.29, 1.82) is 0 Å². The van der Waals surface area contributed by atoms with Crippen molar-refractivity contribution in [3.8, 4) is 0 Å². The van der Waals surface area contributed by atoms with Crippen molar-refractivity contribution >= 4 is 0 Å². The lowest BCUT2D eigenvalue weighted by atomic mass is 9.91. The van der Waals surface area contributed by atoms with Crippen molar-refractivity contribution in [1.82, 2.24) is 0 Å². The minimum Gasteiger partial charge on any atom is -0.328 e. The zero-order valence-corrected chi connectivity index (χ0v) is 7.47. The second kappa shape index (κ2) is 4.55. The highest BCUT2D eigenvalue weighted by Crippen LogP contribution is 2.22. The fraction of sp³-hybridized carbons (Fsp3) is 0.800. The van der Waals surface area contributed by atoms with Crippen molar-refractivity contribution < 1.29 is 0 Å². The highest BCUT2D eigenvalue weighted by Gasteiger charge is 2.11. The fourth-order valence-corrected chi connectivity index (χ4v) is 1.56. The van der Waals surface area contributed by atoms with E-state index in [1.54, 1.807) is 5.57 Å². The molecule has 0 saturated heterocycles. The second-order valence-electron chi connectivity index (χ2n) is 3.49. The van der Waals surface area contributed by atoms with Gasteiger partial charge in [-0.2, -0.15) is 0 Å². The summed E-state index contributed by atoms with van der Waals surface area (Å²) in [6.07, 6.45) is 9.85. The Balaban J connectivity index is 2.26. The van der Waals surface area contributed by atoms with Crippen LogP contribution in [0, 0.1) is 0 Å². The number of hydrogen-bond acceptors (Lipinski definition) is 1. The molecule has 1 fully saturated rings. The summed E-state index contributed by atoms with van der Waals surface area (Å²) in [6, 6.07) is 0.480. The molecule has 0 unspecified atom stereocenters. The molecule has 1 heteroatoms. The number of nitrogens with two attached hydrogens (primary N) is 1. The summed E-state index contributed by atoms with van der Waals surface area (Å²) < 4.78 is 0. The average Bonchev–Trinajstić information content (AvgIpc) is 2.04. The Morgan fingerprint density at radius 2 is 2.09 bits per heavy atom. The van der Waals surface area contributed by atoms with Gasteiger partial charge in [0.15, 0.2) is 0 Å². The Bertz CT molecular complexity index is 128. The Morgan fingerprint density at radius 3 is 2.64 bits per heavy atom. The number of unbranched alkanes of at least 4 members (excludes halogenated alkanes) is 1. The van der Waals surface area contributed by atoms with E-state index < -0.39 is 0 Å². The third-order valence-electron chi connectivity index (χ3n) is 2.39. The zero-order chi connectivity index (χ0) is 8.10. The molecule has 64 valence electrons. The van der Waals surface area contributed by atoms with E-state index in [2.05, 4.69) is 13.0 Å². The van der Waals surface area contributed by atoms with Crippen LogP contribution in [0.25, 0.3) is 0 Å². The summed E-state index contributed by atoms with van der Waals surface area (Å²) in [5.74, 6) is 0. The first kappa shape index (κ1) is 8.79. The van der Waals surface area contributed by atoms with Crippen LogP contribution in [0.15, 0.2) is 11.6 Å². The molecule has 1 nitrogen and oxygen atoms in total. The molecule has 0 radical (unpaired) electrons. The van der Waals surface area contributed by atoms with Gasteiger partial charge >= 0.3 is 0 Å². The molecule has 0 bridgehead atoms. The summed E-state index contributed by atoms with van der Waals surface area (Å²) in [4.78, 5) is 0. The van der Waals surface area contributed by atoms with Crippen molar-refractivity contribution in [2.24, 2.45) is 5.73 Å². The molecule has 11 heavy (non-hydrogen) atoms. The van der Waals surface area contributed by atoms with Crippen LogP contribution in [0.4, 0.5) is 0 Å². The minimum absolute atomic E-state index is 0.480. The first-order valence-electron chi connectivity index (χ1n) is 4.76. The van der Waals surface area contributed by atoms with Gasteiger partial charge in [0.1, 0.15) is 0 Å². The normalized spacial score (nSPS) is 25.3. The van der Waals surface area contributed by atoms with Crippen molar-refractivity contribution in [3.63, 3.8) is 0 Å². The summed E-state index contributed by atoms with van der Waals surface area (Å²) >= 11 is 0. The van der Waals surface area contributed by atoms with Crippen LogP contribution in [-0.4, -0.2) is 6.04 Å². The topological polar surface area (TPSA) is 26.0 Å². The van der Waals surface area contributed by atoms with Gasteiger partial charge in [-0.3, -0.25) is 0 Å².